The predicted molar refractivity (Wildman–Crippen MR) is 102 cm³/mol. The summed E-state index contributed by atoms with van der Waals surface area (Å²) in [6, 6.07) is 10.1. The highest BCUT2D eigenvalue weighted by molar-refractivity contribution is 8.25. The van der Waals surface area contributed by atoms with E-state index in [0.717, 1.165) is 22.3 Å². The molecule has 1 aliphatic rings. The third-order valence-corrected chi connectivity index (χ3v) is 5.11. The summed E-state index contributed by atoms with van der Waals surface area (Å²) in [6.07, 6.45) is 1.95. The zero-order chi connectivity index (χ0) is 17.8. The molecule has 0 amide bonds. The fourth-order valence-electron chi connectivity index (χ4n) is 2.43. The molecule has 0 radical (unpaired) electrons. The van der Waals surface area contributed by atoms with E-state index in [1.807, 2.05) is 18.2 Å². The lowest BCUT2D eigenvalue weighted by Crippen LogP contribution is -2.26. The van der Waals surface area contributed by atoms with Crippen molar-refractivity contribution in [1.82, 2.24) is 4.90 Å². The second kappa shape index (κ2) is 7.81. The van der Waals surface area contributed by atoms with Crippen LogP contribution in [0.2, 0.25) is 0 Å². The first-order valence-corrected chi connectivity index (χ1v) is 8.80. The lowest BCUT2D eigenvalue weighted by atomic mass is 10.1. The Hall–Kier alpha value is -2.16. The number of rotatable bonds is 6. The zero-order valence-electron chi connectivity index (χ0n) is 13.5. The number of nitrogens with zero attached hydrogens (tertiary/aromatic N) is 2. The van der Waals surface area contributed by atoms with E-state index < -0.39 is 4.92 Å². The maximum Gasteiger partial charge on any atom is 0.270 e. The van der Waals surface area contributed by atoms with Crippen molar-refractivity contribution in [2.24, 2.45) is 0 Å². The number of ether oxygens (including phenoxy) is 1. The van der Waals surface area contributed by atoms with Gasteiger partial charge in [0, 0.05) is 36.3 Å². The summed E-state index contributed by atoms with van der Waals surface area (Å²) in [6.45, 7) is 2.13. The van der Waals surface area contributed by atoms with E-state index in [1.54, 1.807) is 31.0 Å². The second-order valence-corrected chi connectivity index (χ2v) is 7.16. The molecule has 0 bridgehead atoms. The molecule has 8 heteroatoms. The molecule has 2 aromatic rings. The number of thioether (sulfide) groups is 1. The molecule has 0 unspecified atom stereocenters. The predicted octanol–water partition coefficient (Wildman–Crippen LogP) is 4.18. The molecule has 3 rings (SSSR count). The average molecular weight is 376 g/mol. The Bertz CT molecular complexity index is 832. The third kappa shape index (κ3) is 4.28. The summed E-state index contributed by atoms with van der Waals surface area (Å²) in [5.41, 5.74) is 0.717. The molecule has 25 heavy (non-hydrogen) atoms. The van der Waals surface area contributed by atoms with Crippen LogP contribution in [0, 0.1) is 10.1 Å². The molecule has 6 nitrogen and oxygen atoms in total. The largest absolute Gasteiger partial charge is 0.457 e. The van der Waals surface area contributed by atoms with Crippen LogP contribution in [0.1, 0.15) is 5.76 Å². The highest BCUT2D eigenvalue weighted by atomic mass is 32.2. The Balaban J connectivity index is 1.75. The van der Waals surface area contributed by atoms with E-state index in [0.29, 0.717) is 23.7 Å². The lowest BCUT2D eigenvalue weighted by molar-refractivity contribution is -0.384. The first kappa shape index (κ1) is 17.7. The normalized spacial score (nSPS) is 16.0. The first-order chi connectivity index (χ1) is 12.1. The quantitative estimate of drug-likeness (QED) is 0.426. The van der Waals surface area contributed by atoms with Crippen LogP contribution in [-0.4, -0.2) is 40.9 Å². The van der Waals surface area contributed by atoms with Crippen LogP contribution < -0.4 is 0 Å². The molecule has 0 saturated carbocycles. The number of thiocarbonyl (C=S) groups is 1. The maximum absolute atomic E-state index is 10.9. The summed E-state index contributed by atoms with van der Waals surface area (Å²) in [4.78, 5) is 13.7. The molecule has 0 atom stereocenters. The molecule has 1 saturated heterocycles. The van der Waals surface area contributed by atoms with Gasteiger partial charge in [0.25, 0.3) is 5.69 Å². The summed E-state index contributed by atoms with van der Waals surface area (Å²) in [7, 11) is 1.67. The van der Waals surface area contributed by atoms with Crippen molar-refractivity contribution in [2.45, 2.75) is 0 Å². The van der Waals surface area contributed by atoms with Crippen LogP contribution in [0.25, 0.3) is 17.4 Å². The fourth-order valence-corrected chi connectivity index (χ4v) is 3.81. The zero-order valence-corrected chi connectivity index (χ0v) is 15.1. The summed E-state index contributed by atoms with van der Waals surface area (Å²) < 4.78 is 11.7. The van der Waals surface area contributed by atoms with Gasteiger partial charge in [0.1, 0.15) is 15.8 Å². The van der Waals surface area contributed by atoms with Crippen molar-refractivity contribution >= 4 is 40.1 Å². The van der Waals surface area contributed by atoms with Crippen molar-refractivity contribution < 1.29 is 14.1 Å². The van der Waals surface area contributed by atoms with E-state index in [9.17, 15) is 10.1 Å². The molecule has 0 aliphatic carbocycles. The van der Waals surface area contributed by atoms with Crippen molar-refractivity contribution in [3.63, 3.8) is 0 Å². The minimum atomic E-state index is -0.417. The van der Waals surface area contributed by atoms with Gasteiger partial charge in [-0.2, -0.15) is 0 Å². The Morgan fingerprint density at radius 2 is 2.28 bits per heavy atom. The standard InChI is InChI=1S/C17H16N2O4S2/c1-22-8-7-18-11-15(25-17(18)24)10-14-5-6-16(23-14)12-3-2-4-13(9-12)19(20)21/h2-6,9-10H,7-8,11H2,1H3/b15-10+. The topological polar surface area (TPSA) is 68.8 Å². The van der Waals surface area contributed by atoms with Gasteiger partial charge < -0.3 is 14.1 Å². The van der Waals surface area contributed by atoms with Gasteiger partial charge >= 0.3 is 0 Å². The Kier molecular flexibility index (Phi) is 5.52. The molecular weight excluding hydrogens is 360 g/mol. The number of hydrogen-bond acceptors (Lipinski definition) is 6. The molecule has 1 fully saturated rings. The Morgan fingerprint density at radius 3 is 3.04 bits per heavy atom. The van der Waals surface area contributed by atoms with Gasteiger partial charge in [0.2, 0.25) is 0 Å². The third-order valence-electron chi connectivity index (χ3n) is 3.66. The van der Waals surface area contributed by atoms with Crippen LogP contribution in [0.15, 0.2) is 45.7 Å². The van der Waals surface area contributed by atoms with Crippen LogP contribution in [0.3, 0.4) is 0 Å². The van der Waals surface area contributed by atoms with E-state index in [1.165, 1.54) is 12.1 Å². The highest BCUT2D eigenvalue weighted by Crippen LogP contribution is 2.32. The number of hydrogen-bond donors (Lipinski definition) is 0. The molecule has 1 aromatic heterocycles. The van der Waals surface area contributed by atoms with Gasteiger partial charge in [-0.3, -0.25) is 10.1 Å². The Labute approximate surface area is 154 Å². The number of nitro groups is 1. The number of methoxy groups -OCH3 is 1. The molecular formula is C17H16N2O4S2. The van der Waals surface area contributed by atoms with Gasteiger partial charge in [-0.1, -0.05) is 36.1 Å². The number of non-ortho nitro benzene ring substituents is 1. The van der Waals surface area contributed by atoms with Gasteiger partial charge in [0.05, 0.1) is 18.1 Å². The van der Waals surface area contributed by atoms with Crippen LogP contribution in [0.4, 0.5) is 5.69 Å². The molecule has 2 heterocycles. The Morgan fingerprint density at radius 1 is 1.44 bits per heavy atom. The fraction of sp³-hybridized carbons (Fsp3) is 0.235. The van der Waals surface area contributed by atoms with Crippen LogP contribution in [0.5, 0.6) is 0 Å². The number of furan rings is 1. The van der Waals surface area contributed by atoms with Crippen LogP contribution in [-0.2, 0) is 4.74 Å². The van der Waals surface area contributed by atoms with Gasteiger partial charge in [-0.15, -0.1) is 0 Å². The minimum Gasteiger partial charge on any atom is -0.457 e. The first-order valence-electron chi connectivity index (χ1n) is 7.58. The number of nitro benzene ring substituents is 1. The summed E-state index contributed by atoms with van der Waals surface area (Å²) in [5.74, 6) is 1.29. The van der Waals surface area contributed by atoms with E-state index in [4.69, 9.17) is 21.4 Å². The minimum absolute atomic E-state index is 0.0410. The summed E-state index contributed by atoms with van der Waals surface area (Å²) >= 11 is 6.91. The van der Waals surface area contributed by atoms with E-state index >= 15 is 0 Å². The second-order valence-electron chi connectivity index (χ2n) is 5.40. The average Bonchev–Trinajstić information content (AvgIpc) is 3.20. The SMILES string of the molecule is COCCN1C/C(=C\c2ccc(-c3cccc([N+](=O)[O-])c3)o2)SC1=S. The molecule has 1 aromatic carbocycles. The van der Waals surface area contributed by atoms with Crippen molar-refractivity contribution in [1.29, 1.82) is 0 Å². The monoisotopic (exact) mass is 376 g/mol. The van der Waals surface area contributed by atoms with Crippen molar-refractivity contribution in [2.75, 3.05) is 26.8 Å². The lowest BCUT2D eigenvalue weighted by Gasteiger charge is -2.14. The molecule has 0 N–H and O–H groups in total. The van der Waals surface area contributed by atoms with Gasteiger partial charge in [-0.25, -0.2) is 0 Å². The maximum atomic E-state index is 10.9. The highest BCUT2D eigenvalue weighted by Gasteiger charge is 2.22. The molecule has 1 aliphatic heterocycles. The van der Waals surface area contributed by atoms with Crippen LogP contribution >= 0.6 is 24.0 Å². The van der Waals surface area contributed by atoms with E-state index in [-0.39, 0.29) is 5.69 Å². The van der Waals surface area contributed by atoms with E-state index in [2.05, 4.69) is 4.90 Å². The van der Waals surface area contributed by atoms with Crippen molar-refractivity contribution in [3.05, 3.63) is 57.2 Å². The smallest absolute Gasteiger partial charge is 0.270 e. The number of benzene rings is 1. The summed E-state index contributed by atoms with van der Waals surface area (Å²) in [5, 5.41) is 10.9. The van der Waals surface area contributed by atoms with Gasteiger partial charge in [-0.05, 0) is 18.2 Å². The van der Waals surface area contributed by atoms with Crippen molar-refractivity contribution in [3.8, 4) is 11.3 Å². The molecule has 0 spiro atoms. The molecule has 130 valence electrons. The van der Waals surface area contributed by atoms with Gasteiger partial charge in [0.15, 0.2) is 0 Å².